The number of rotatable bonds is 3. The smallest absolute Gasteiger partial charge is 0.336 e. The number of aromatic carboxylic acids is 1. The molecule has 21 heavy (non-hydrogen) atoms. The van der Waals surface area contributed by atoms with Crippen LogP contribution >= 0.6 is 0 Å². The van der Waals surface area contributed by atoms with Crippen molar-refractivity contribution in [2.45, 2.75) is 31.4 Å². The standard InChI is InChI=1S/C14H17NO5S/c1-9-10(14(17)18)5-4-6-11(9)15-13(16)12-7-2-3-8-21(12,19)20/h4-6,12H,2-3,7-8H2,1H3,(H,15,16)(H,17,18). The van der Waals surface area contributed by atoms with Gasteiger partial charge in [-0.05, 0) is 37.5 Å². The van der Waals surface area contributed by atoms with Crippen LogP contribution in [-0.4, -0.2) is 36.4 Å². The Hall–Kier alpha value is -1.89. The van der Waals surface area contributed by atoms with E-state index < -0.39 is 27.0 Å². The minimum Gasteiger partial charge on any atom is -0.478 e. The number of anilines is 1. The van der Waals surface area contributed by atoms with Gasteiger partial charge in [0.2, 0.25) is 5.91 Å². The van der Waals surface area contributed by atoms with E-state index in [1.807, 2.05) is 0 Å². The fraction of sp³-hybridized carbons (Fsp3) is 0.429. The van der Waals surface area contributed by atoms with Gasteiger partial charge in [-0.2, -0.15) is 0 Å². The summed E-state index contributed by atoms with van der Waals surface area (Å²) in [5, 5.41) is 10.6. The molecule has 1 aliphatic heterocycles. The number of sulfone groups is 1. The van der Waals surface area contributed by atoms with Gasteiger partial charge in [-0.1, -0.05) is 12.5 Å². The largest absolute Gasteiger partial charge is 0.478 e. The normalized spacial score (nSPS) is 20.7. The average molecular weight is 311 g/mol. The zero-order valence-corrected chi connectivity index (χ0v) is 12.4. The lowest BCUT2D eigenvalue weighted by atomic mass is 10.1. The number of amides is 1. The van der Waals surface area contributed by atoms with E-state index in [1.165, 1.54) is 12.1 Å². The average Bonchev–Trinajstić information content (AvgIpc) is 2.40. The van der Waals surface area contributed by atoms with Gasteiger partial charge < -0.3 is 10.4 Å². The molecule has 0 spiro atoms. The van der Waals surface area contributed by atoms with Crippen molar-refractivity contribution in [3.63, 3.8) is 0 Å². The summed E-state index contributed by atoms with van der Waals surface area (Å²) in [5.41, 5.74) is 0.825. The lowest BCUT2D eigenvalue weighted by molar-refractivity contribution is -0.116. The highest BCUT2D eigenvalue weighted by molar-refractivity contribution is 7.92. The molecule has 0 radical (unpaired) electrons. The molecule has 1 amide bonds. The van der Waals surface area contributed by atoms with E-state index in [0.29, 0.717) is 30.5 Å². The number of hydrogen-bond acceptors (Lipinski definition) is 4. The highest BCUT2D eigenvalue weighted by atomic mass is 32.2. The maximum atomic E-state index is 12.2. The molecule has 1 unspecified atom stereocenters. The molecule has 0 saturated carbocycles. The molecular weight excluding hydrogens is 294 g/mol. The topological polar surface area (TPSA) is 101 Å². The second-order valence-electron chi connectivity index (χ2n) is 5.12. The number of benzene rings is 1. The Labute approximate surface area is 123 Å². The van der Waals surface area contributed by atoms with Crippen LogP contribution in [0.2, 0.25) is 0 Å². The van der Waals surface area contributed by atoms with E-state index in [-0.39, 0.29) is 11.3 Å². The molecule has 1 fully saturated rings. The summed E-state index contributed by atoms with van der Waals surface area (Å²) < 4.78 is 23.8. The maximum absolute atomic E-state index is 12.2. The summed E-state index contributed by atoms with van der Waals surface area (Å²) in [4.78, 5) is 23.2. The van der Waals surface area contributed by atoms with Gasteiger partial charge in [0.05, 0.1) is 11.3 Å². The minimum absolute atomic E-state index is 0.0270. The van der Waals surface area contributed by atoms with Gasteiger partial charge in [-0.25, -0.2) is 13.2 Å². The van der Waals surface area contributed by atoms with Crippen molar-refractivity contribution in [1.29, 1.82) is 0 Å². The summed E-state index contributed by atoms with van der Waals surface area (Å²) >= 11 is 0. The van der Waals surface area contributed by atoms with Crippen LogP contribution in [0.1, 0.15) is 35.2 Å². The first kappa shape index (κ1) is 15.5. The Balaban J connectivity index is 2.24. The van der Waals surface area contributed by atoms with Crippen LogP contribution in [0.25, 0.3) is 0 Å². The zero-order valence-electron chi connectivity index (χ0n) is 11.6. The van der Waals surface area contributed by atoms with Gasteiger partial charge in [-0.15, -0.1) is 0 Å². The number of carboxylic acid groups (broad SMARTS) is 1. The van der Waals surface area contributed by atoms with Gasteiger partial charge >= 0.3 is 5.97 Å². The molecule has 1 aromatic rings. The second-order valence-corrected chi connectivity index (χ2v) is 7.43. The molecule has 7 heteroatoms. The molecule has 0 bridgehead atoms. The number of hydrogen-bond donors (Lipinski definition) is 2. The van der Waals surface area contributed by atoms with Crippen molar-refractivity contribution in [2.75, 3.05) is 11.1 Å². The fourth-order valence-corrected chi connectivity index (χ4v) is 4.27. The number of carboxylic acids is 1. The van der Waals surface area contributed by atoms with E-state index in [2.05, 4.69) is 5.32 Å². The van der Waals surface area contributed by atoms with Gasteiger partial charge in [0.25, 0.3) is 0 Å². The van der Waals surface area contributed by atoms with Gasteiger partial charge in [0, 0.05) is 5.69 Å². The lowest BCUT2D eigenvalue weighted by Crippen LogP contribution is -2.39. The second kappa shape index (κ2) is 5.85. The Morgan fingerprint density at radius 1 is 1.29 bits per heavy atom. The minimum atomic E-state index is -3.41. The Kier molecular flexibility index (Phi) is 4.32. The number of carbonyl (C=O) groups is 2. The van der Waals surface area contributed by atoms with Crippen LogP contribution in [0.3, 0.4) is 0 Å². The first-order valence-electron chi connectivity index (χ1n) is 6.68. The van der Waals surface area contributed by atoms with Gasteiger partial charge in [-0.3, -0.25) is 4.79 Å². The third kappa shape index (κ3) is 3.24. The van der Waals surface area contributed by atoms with Crippen LogP contribution in [0.15, 0.2) is 18.2 Å². The fourth-order valence-electron chi connectivity index (χ4n) is 2.46. The summed E-state index contributed by atoms with van der Waals surface area (Å²) in [6.07, 6.45) is 1.59. The quantitative estimate of drug-likeness (QED) is 0.883. The van der Waals surface area contributed by atoms with Crippen molar-refractivity contribution in [3.05, 3.63) is 29.3 Å². The van der Waals surface area contributed by atoms with Crippen molar-refractivity contribution in [3.8, 4) is 0 Å². The van der Waals surface area contributed by atoms with Crippen LogP contribution < -0.4 is 5.32 Å². The van der Waals surface area contributed by atoms with Crippen molar-refractivity contribution in [2.24, 2.45) is 0 Å². The molecule has 0 aliphatic carbocycles. The van der Waals surface area contributed by atoms with Crippen molar-refractivity contribution >= 4 is 27.4 Å². The lowest BCUT2D eigenvalue weighted by Gasteiger charge is -2.22. The summed E-state index contributed by atoms with van der Waals surface area (Å²) in [6.45, 7) is 1.58. The monoisotopic (exact) mass is 311 g/mol. The van der Waals surface area contributed by atoms with E-state index in [0.717, 1.165) is 0 Å². The molecule has 1 aliphatic rings. The van der Waals surface area contributed by atoms with E-state index in [4.69, 9.17) is 5.11 Å². The van der Waals surface area contributed by atoms with E-state index in [9.17, 15) is 18.0 Å². The van der Waals surface area contributed by atoms with Crippen LogP contribution in [0, 0.1) is 6.92 Å². The number of carbonyl (C=O) groups excluding carboxylic acids is 1. The molecule has 0 aromatic heterocycles. The third-order valence-electron chi connectivity index (χ3n) is 3.69. The van der Waals surface area contributed by atoms with Crippen molar-refractivity contribution in [1.82, 2.24) is 0 Å². The third-order valence-corrected chi connectivity index (χ3v) is 5.87. The predicted octanol–water partition coefficient (Wildman–Crippen LogP) is 1.60. The molecule has 114 valence electrons. The first-order chi connectivity index (χ1) is 9.83. The molecule has 1 saturated heterocycles. The molecule has 6 nitrogen and oxygen atoms in total. The predicted molar refractivity (Wildman–Crippen MR) is 78.2 cm³/mol. The molecule has 1 aromatic carbocycles. The highest BCUT2D eigenvalue weighted by Gasteiger charge is 2.35. The van der Waals surface area contributed by atoms with Crippen LogP contribution in [-0.2, 0) is 14.6 Å². The molecule has 1 atom stereocenters. The maximum Gasteiger partial charge on any atom is 0.336 e. The summed E-state index contributed by atoms with van der Waals surface area (Å²) in [6, 6.07) is 4.52. The Morgan fingerprint density at radius 3 is 2.62 bits per heavy atom. The van der Waals surface area contributed by atoms with Gasteiger partial charge in [0.1, 0.15) is 5.25 Å². The highest BCUT2D eigenvalue weighted by Crippen LogP contribution is 2.23. The van der Waals surface area contributed by atoms with Gasteiger partial charge in [0.15, 0.2) is 9.84 Å². The van der Waals surface area contributed by atoms with Crippen LogP contribution in [0.5, 0.6) is 0 Å². The molecule has 1 heterocycles. The van der Waals surface area contributed by atoms with Crippen LogP contribution in [0.4, 0.5) is 5.69 Å². The van der Waals surface area contributed by atoms with E-state index >= 15 is 0 Å². The van der Waals surface area contributed by atoms with E-state index in [1.54, 1.807) is 13.0 Å². The SMILES string of the molecule is Cc1c(NC(=O)C2CCCCS2(=O)=O)cccc1C(=O)O. The molecular formula is C14H17NO5S. The molecule has 2 rings (SSSR count). The first-order valence-corrected chi connectivity index (χ1v) is 8.40. The number of nitrogens with one attached hydrogen (secondary N) is 1. The zero-order chi connectivity index (χ0) is 15.6. The Bertz CT molecular complexity index is 681. The molecule has 2 N–H and O–H groups in total. The summed E-state index contributed by atoms with van der Waals surface area (Å²) in [5.74, 6) is -1.64. The Morgan fingerprint density at radius 2 is 2.00 bits per heavy atom. The summed E-state index contributed by atoms with van der Waals surface area (Å²) in [7, 11) is -3.41. The van der Waals surface area contributed by atoms with Crippen molar-refractivity contribution < 1.29 is 23.1 Å².